The lowest BCUT2D eigenvalue weighted by molar-refractivity contribution is -0.173. The first-order valence-corrected chi connectivity index (χ1v) is 8.59. The van der Waals surface area contributed by atoms with Gasteiger partial charge < -0.3 is 9.47 Å². The van der Waals surface area contributed by atoms with Crippen molar-refractivity contribution in [3.8, 4) is 12.3 Å². The van der Waals surface area contributed by atoms with Crippen LogP contribution >= 0.6 is 0 Å². The van der Waals surface area contributed by atoms with E-state index in [0.29, 0.717) is 0 Å². The van der Waals surface area contributed by atoms with E-state index in [2.05, 4.69) is 12.5 Å². The Balaban J connectivity index is 2.14. The van der Waals surface area contributed by atoms with E-state index in [4.69, 9.17) is 15.9 Å². The van der Waals surface area contributed by atoms with Crippen molar-refractivity contribution < 1.29 is 19.1 Å². The van der Waals surface area contributed by atoms with Crippen LogP contribution in [-0.2, 0) is 32.3 Å². The molecule has 2 aromatic carbocycles. The summed E-state index contributed by atoms with van der Waals surface area (Å²) in [4.78, 5) is 25.6. The second-order valence-corrected chi connectivity index (χ2v) is 6.08. The summed E-state index contributed by atoms with van der Waals surface area (Å²) in [7, 11) is 0. The number of carbonyl (C=O) groups excluding carboxylic acids is 2. The average Bonchev–Trinajstić information content (AvgIpc) is 2.71. The Bertz CT molecular complexity index is 748. The fraction of sp³-hybridized carbons (Fsp3) is 0.217. The summed E-state index contributed by atoms with van der Waals surface area (Å²) >= 11 is 0. The Hall–Kier alpha value is -3.32. The van der Waals surface area contributed by atoms with Gasteiger partial charge in [-0.2, -0.15) is 0 Å². The van der Waals surface area contributed by atoms with Crippen LogP contribution < -0.4 is 0 Å². The number of terminal acetylenes is 1. The summed E-state index contributed by atoms with van der Waals surface area (Å²) in [6.07, 6.45) is 6.83. The van der Waals surface area contributed by atoms with Gasteiger partial charge in [-0.15, -0.1) is 18.9 Å². The number of rotatable bonds is 9. The molecule has 0 radical (unpaired) electrons. The van der Waals surface area contributed by atoms with E-state index in [1.807, 2.05) is 60.7 Å². The lowest BCUT2D eigenvalue weighted by Crippen LogP contribution is -2.41. The maximum absolute atomic E-state index is 12.8. The molecular formula is C23H22O4. The van der Waals surface area contributed by atoms with Gasteiger partial charge in [0.25, 0.3) is 0 Å². The second-order valence-electron chi connectivity index (χ2n) is 6.08. The molecule has 2 aromatic rings. The third-order valence-electron chi connectivity index (χ3n) is 4.10. The minimum Gasteiger partial charge on any atom is -0.460 e. The molecule has 4 heteroatoms. The lowest BCUT2D eigenvalue weighted by atomic mass is 9.81. The highest BCUT2D eigenvalue weighted by Gasteiger charge is 2.47. The number of ether oxygens (including phenoxy) is 2. The van der Waals surface area contributed by atoms with Gasteiger partial charge in [0.2, 0.25) is 0 Å². The van der Waals surface area contributed by atoms with Crippen LogP contribution in [0.1, 0.15) is 24.0 Å². The number of esters is 2. The Morgan fingerprint density at radius 1 is 0.926 bits per heavy atom. The smallest absolute Gasteiger partial charge is 0.325 e. The molecule has 0 atom stereocenters. The summed E-state index contributed by atoms with van der Waals surface area (Å²) in [6.45, 7) is 3.75. The van der Waals surface area contributed by atoms with Gasteiger partial charge in [-0.25, -0.2) is 0 Å². The third-order valence-corrected chi connectivity index (χ3v) is 4.10. The predicted octanol–water partition coefficient (Wildman–Crippen LogP) is 4.06. The quantitative estimate of drug-likeness (QED) is 0.292. The third kappa shape index (κ3) is 5.32. The summed E-state index contributed by atoms with van der Waals surface area (Å²) in [5, 5.41) is 0. The van der Waals surface area contributed by atoms with Crippen molar-refractivity contribution in [2.24, 2.45) is 5.41 Å². The zero-order valence-corrected chi connectivity index (χ0v) is 15.1. The monoisotopic (exact) mass is 362 g/mol. The van der Waals surface area contributed by atoms with Gasteiger partial charge in [0.15, 0.2) is 5.41 Å². The minimum atomic E-state index is -1.60. The first-order chi connectivity index (χ1) is 13.1. The maximum Gasteiger partial charge on any atom is 0.325 e. The molecule has 0 heterocycles. The van der Waals surface area contributed by atoms with E-state index < -0.39 is 17.4 Å². The minimum absolute atomic E-state index is 0.0401. The molecule has 0 aliphatic carbocycles. The van der Waals surface area contributed by atoms with Crippen LogP contribution in [0.25, 0.3) is 0 Å². The number of carbonyl (C=O) groups is 2. The Kier molecular flexibility index (Phi) is 7.39. The van der Waals surface area contributed by atoms with Crippen molar-refractivity contribution in [3.05, 3.63) is 84.4 Å². The van der Waals surface area contributed by atoms with E-state index in [1.54, 1.807) is 0 Å². The Morgan fingerprint density at radius 2 is 1.37 bits per heavy atom. The standard InChI is InChI=1S/C23H22O4/c1-3-15-23(16-4-2,21(24)26-17-19-11-7-5-8-12-19)22(25)27-18-20-13-9-6-10-14-20/h1,4-14H,2,15-18H2. The van der Waals surface area contributed by atoms with Gasteiger partial charge in [0, 0.05) is 6.42 Å². The topological polar surface area (TPSA) is 52.6 Å². The molecule has 0 aliphatic heterocycles. The highest BCUT2D eigenvalue weighted by molar-refractivity contribution is 6.00. The first-order valence-electron chi connectivity index (χ1n) is 8.59. The first kappa shape index (κ1) is 20.0. The largest absolute Gasteiger partial charge is 0.460 e. The van der Waals surface area contributed by atoms with Gasteiger partial charge in [-0.3, -0.25) is 9.59 Å². The fourth-order valence-corrected chi connectivity index (χ4v) is 2.61. The van der Waals surface area contributed by atoms with Gasteiger partial charge in [-0.05, 0) is 17.5 Å². The second kappa shape index (κ2) is 9.98. The molecule has 0 saturated carbocycles. The van der Waals surface area contributed by atoms with Crippen LogP contribution in [0, 0.1) is 17.8 Å². The van der Waals surface area contributed by atoms with Crippen molar-refractivity contribution in [2.45, 2.75) is 26.1 Å². The Labute approximate surface area is 159 Å². The van der Waals surface area contributed by atoms with Crippen LogP contribution in [0.2, 0.25) is 0 Å². The molecule has 4 nitrogen and oxygen atoms in total. The highest BCUT2D eigenvalue weighted by Crippen LogP contribution is 2.31. The molecule has 27 heavy (non-hydrogen) atoms. The number of hydrogen-bond donors (Lipinski definition) is 0. The molecule has 138 valence electrons. The van der Waals surface area contributed by atoms with E-state index in [9.17, 15) is 9.59 Å². The van der Waals surface area contributed by atoms with Crippen molar-refractivity contribution in [1.29, 1.82) is 0 Å². The van der Waals surface area contributed by atoms with Crippen LogP contribution in [0.4, 0.5) is 0 Å². The van der Waals surface area contributed by atoms with Crippen LogP contribution in [0.3, 0.4) is 0 Å². The Morgan fingerprint density at radius 3 is 1.74 bits per heavy atom. The fourth-order valence-electron chi connectivity index (χ4n) is 2.61. The molecule has 0 aromatic heterocycles. The van der Waals surface area contributed by atoms with E-state index in [1.165, 1.54) is 6.08 Å². The van der Waals surface area contributed by atoms with Gasteiger partial charge in [-0.1, -0.05) is 66.7 Å². The normalized spacial score (nSPS) is 10.5. The molecule has 0 saturated heterocycles. The molecule has 0 unspecified atom stereocenters. The average molecular weight is 362 g/mol. The molecule has 0 amide bonds. The number of hydrogen-bond acceptors (Lipinski definition) is 4. The molecule has 0 N–H and O–H groups in total. The maximum atomic E-state index is 12.8. The van der Waals surface area contributed by atoms with E-state index >= 15 is 0 Å². The molecule has 2 rings (SSSR count). The van der Waals surface area contributed by atoms with Crippen LogP contribution in [-0.4, -0.2) is 11.9 Å². The van der Waals surface area contributed by atoms with Gasteiger partial charge in [0.1, 0.15) is 13.2 Å². The van der Waals surface area contributed by atoms with E-state index in [-0.39, 0.29) is 26.1 Å². The zero-order chi connectivity index (χ0) is 19.5. The van der Waals surface area contributed by atoms with Crippen molar-refractivity contribution in [1.82, 2.24) is 0 Å². The summed E-state index contributed by atoms with van der Waals surface area (Å²) in [5.74, 6) is 0.990. The zero-order valence-electron chi connectivity index (χ0n) is 15.1. The summed E-state index contributed by atoms with van der Waals surface area (Å²) in [6, 6.07) is 18.4. The molecule has 0 fully saturated rings. The summed E-state index contributed by atoms with van der Waals surface area (Å²) in [5.41, 5.74) is 0.0356. The van der Waals surface area contributed by atoms with Gasteiger partial charge >= 0.3 is 11.9 Å². The van der Waals surface area contributed by atoms with Crippen molar-refractivity contribution in [2.75, 3.05) is 0 Å². The SMILES string of the molecule is C#CCC(CC=C)(C(=O)OCc1ccccc1)C(=O)OCc1ccccc1. The van der Waals surface area contributed by atoms with Gasteiger partial charge in [0.05, 0.1) is 0 Å². The highest BCUT2D eigenvalue weighted by atomic mass is 16.6. The predicted molar refractivity (Wildman–Crippen MR) is 103 cm³/mol. The van der Waals surface area contributed by atoms with Crippen LogP contribution in [0.15, 0.2) is 73.3 Å². The molecular weight excluding hydrogens is 340 g/mol. The molecule has 0 spiro atoms. The molecule has 0 bridgehead atoms. The van der Waals surface area contributed by atoms with E-state index in [0.717, 1.165) is 11.1 Å². The number of benzene rings is 2. The number of allylic oxidation sites excluding steroid dienone is 1. The van der Waals surface area contributed by atoms with Crippen molar-refractivity contribution in [3.63, 3.8) is 0 Å². The van der Waals surface area contributed by atoms with Crippen LogP contribution in [0.5, 0.6) is 0 Å². The summed E-state index contributed by atoms with van der Waals surface area (Å²) < 4.78 is 10.8. The van der Waals surface area contributed by atoms with Crippen molar-refractivity contribution >= 4 is 11.9 Å². The molecule has 0 aliphatic rings. The lowest BCUT2D eigenvalue weighted by Gasteiger charge is -2.26.